The molecule has 0 spiro atoms. The van der Waals surface area contributed by atoms with Crippen molar-refractivity contribution in [2.24, 2.45) is 0 Å². The molecule has 142 valence electrons. The topological polar surface area (TPSA) is 89.5 Å². The van der Waals surface area contributed by atoms with E-state index in [1.807, 2.05) is 13.8 Å². The average molecular weight is 387 g/mol. The molecular formula is C20H21NO5S. The molecule has 0 aliphatic carbocycles. The number of hydrogen-bond acceptors (Lipinski definition) is 5. The van der Waals surface area contributed by atoms with Crippen LogP contribution in [0.3, 0.4) is 0 Å². The fourth-order valence-electron chi connectivity index (χ4n) is 2.72. The minimum Gasteiger partial charge on any atom is -0.468 e. The highest BCUT2D eigenvalue weighted by atomic mass is 32.2. The highest BCUT2D eigenvalue weighted by molar-refractivity contribution is 7.91. The van der Waals surface area contributed by atoms with Crippen molar-refractivity contribution < 1.29 is 22.0 Å². The van der Waals surface area contributed by atoms with Gasteiger partial charge < -0.3 is 14.2 Å². The SMILES string of the molecule is CC(C)c1ccc(S(=O)(=O)[C@H](CNC(=O)c2ccco2)c2ccco2)cc1. The Balaban J connectivity index is 1.87. The molecule has 1 N–H and O–H groups in total. The van der Waals surface area contributed by atoms with E-state index >= 15 is 0 Å². The predicted molar refractivity (Wildman–Crippen MR) is 100 cm³/mol. The van der Waals surface area contributed by atoms with Crippen molar-refractivity contribution >= 4 is 15.7 Å². The molecular weight excluding hydrogens is 366 g/mol. The Labute approximate surface area is 158 Å². The van der Waals surface area contributed by atoms with Crippen LogP contribution in [0.5, 0.6) is 0 Å². The third kappa shape index (κ3) is 4.14. The first-order valence-electron chi connectivity index (χ1n) is 8.58. The van der Waals surface area contributed by atoms with Crippen LogP contribution >= 0.6 is 0 Å². The van der Waals surface area contributed by atoms with Crippen LogP contribution in [0.2, 0.25) is 0 Å². The van der Waals surface area contributed by atoms with Gasteiger partial charge in [-0.2, -0.15) is 0 Å². The van der Waals surface area contributed by atoms with E-state index in [-0.39, 0.29) is 23.0 Å². The van der Waals surface area contributed by atoms with E-state index < -0.39 is 21.0 Å². The maximum absolute atomic E-state index is 13.2. The molecule has 2 heterocycles. The van der Waals surface area contributed by atoms with Gasteiger partial charge in [0.25, 0.3) is 5.91 Å². The van der Waals surface area contributed by atoms with Crippen LogP contribution in [0.25, 0.3) is 0 Å². The second-order valence-corrected chi connectivity index (χ2v) is 8.59. The molecule has 1 atom stereocenters. The zero-order chi connectivity index (χ0) is 19.4. The summed E-state index contributed by atoms with van der Waals surface area (Å²) in [6.45, 7) is 3.94. The van der Waals surface area contributed by atoms with E-state index in [0.29, 0.717) is 5.92 Å². The van der Waals surface area contributed by atoms with Crippen molar-refractivity contribution in [2.45, 2.75) is 29.9 Å². The van der Waals surface area contributed by atoms with Crippen LogP contribution in [0.4, 0.5) is 0 Å². The largest absolute Gasteiger partial charge is 0.468 e. The summed E-state index contributed by atoms with van der Waals surface area (Å²) in [6.07, 6.45) is 2.79. The van der Waals surface area contributed by atoms with Gasteiger partial charge in [-0.25, -0.2) is 8.42 Å². The maximum Gasteiger partial charge on any atom is 0.287 e. The van der Waals surface area contributed by atoms with E-state index in [9.17, 15) is 13.2 Å². The molecule has 0 radical (unpaired) electrons. The van der Waals surface area contributed by atoms with Crippen LogP contribution in [0.1, 0.15) is 46.9 Å². The number of carbonyl (C=O) groups excluding carboxylic acids is 1. The molecule has 6 nitrogen and oxygen atoms in total. The quantitative estimate of drug-likeness (QED) is 0.663. The summed E-state index contributed by atoms with van der Waals surface area (Å²) < 4.78 is 36.7. The standard InChI is InChI=1S/C20H21NO5S/c1-14(2)15-7-9-16(10-8-15)27(23,24)19(17-5-3-11-25-17)13-21-20(22)18-6-4-12-26-18/h3-12,14,19H,13H2,1-2H3,(H,21,22)/t19-/m1/s1. The fraction of sp³-hybridized carbons (Fsp3) is 0.250. The molecule has 0 aliphatic rings. The van der Waals surface area contributed by atoms with Gasteiger partial charge in [0.2, 0.25) is 0 Å². The number of nitrogens with one attached hydrogen (secondary N) is 1. The highest BCUT2D eigenvalue weighted by Crippen LogP contribution is 2.30. The third-order valence-corrected chi connectivity index (χ3v) is 6.38. The van der Waals surface area contributed by atoms with Crippen LogP contribution in [-0.2, 0) is 9.84 Å². The lowest BCUT2D eigenvalue weighted by Gasteiger charge is -2.17. The first-order chi connectivity index (χ1) is 12.9. The fourth-order valence-corrected chi connectivity index (χ4v) is 4.31. The molecule has 3 aromatic rings. The van der Waals surface area contributed by atoms with Gasteiger partial charge >= 0.3 is 0 Å². The van der Waals surface area contributed by atoms with E-state index in [0.717, 1.165) is 5.56 Å². The van der Waals surface area contributed by atoms with Gasteiger partial charge in [-0.15, -0.1) is 0 Å². The highest BCUT2D eigenvalue weighted by Gasteiger charge is 2.32. The van der Waals surface area contributed by atoms with E-state index in [4.69, 9.17) is 8.83 Å². The molecule has 0 saturated carbocycles. The summed E-state index contributed by atoms with van der Waals surface area (Å²) in [7, 11) is -3.77. The van der Waals surface area contributed by atoms with Crippen LogP contribution in [0, 0.1) is 0 Å². The lowest BCUT2D eigenvalue weighted by molar-refractivity contribution is 0.0925. The second kappa shape index (κ2) is 7.84. The first kappa shape index (κ1) is 19.0. The molecule has 7 heteroatoms. The molecule has 0 saturated heterocycles. The van der Waals surface area contributed by atoms with Gasteiger partial charge in [-0.1, -0.05) is 26.0 Å². The molecule has 0 unspecified atom stereocenters. The zero-order valence-electron chi connectivity index (χ0n) is 15.1. The third-order valence-electron chi connectivity index (χ3n) is 4.30. The van der Waals surface area contributed by atoms with Crippen molar-refractivity contribution in [3.63, 3.8) is 0 Å². The summed E-state index contributed by atoms with van der Waals surface area (Å²) in [4.78, 5) is 12.3. The predicted octanol–water partition coefficient (Wildman–Crippen LogP) is 3.94. The number of rotatable bonds is 7. The van der Waals surface area contributed by atoms with Crippen LogP contribution < -0.4 is 5.32 Å². The smallest absolute Gasteiger partial charge is 0.287 e. The number of benzene rings is 1. The number of carbonyl (C=O) groups is 1. The van der Waals surface area contributed by atoms with Gasteiger partial charge in [0.1, 0.15) is 11.0 Å². The molecule has 0 aliphatic heterocycles. The average Bonchev–Trinajstić information content (AvgIpc) is 3.35. The Kier molecular flexibility index (Phi) is 5.51. The molecule has 3 rings (SSSR count). The van der Waals surface area contributed by atoms with E-state index in [1.54, 1.807) is 42.5 Å². The van der Waals surface area contributed by atoms with Gasteiger partial charge in [0.15, 0.2) is 15.6 Å². The Morgan fingerprint density at radius 1 is 1.00 bits per heavy atom. The number of furan rings is 2. The molecule has 27 heavy (non-hydrogen) atoms. The minimum absolute atomic E-state index is 0.117. The normalized spacial score (nSPS) is 12.9. The van der Waals surface area contributed by atoms with Gasteiger partial charge in [0, 0.05) is 6.54 Å². The van der Waals surface area contributed by atoms with Crippen LogP contribution in [-0.4, -0.2) is 20.9 Å². The van der Waals surface area contributed by atoms with Gasteiger partial charge in [-0.05, 0) is 47.9 Å². The van der Waals surface area contributed by atoms with Crippen molar-refractivity contribution in [1.29, 1.82) is 0 Å². The van der Waals surface area contributed by atoms with Crippen molar-refractivity contribution in [1.82, 2.24) is 5.32 Å². The Morgan fingerprint density at radius 2 is 1.67 bits per heavy atom. The molecule has 0 bridgehead atoms. The lowest BCUT2D eigenvalue weighted by Crippen LogP contribution is -2.31. The van der Waals surface area contributed by atoms with Crippen LogP contribution in [0.15, 0.2) is 74.8 Å². The van der Waals surface area contributed by atoms with Crippen molar-refractivity contribution in [2.75, 3.05) is 6.54 Å². The lowest BCUT2D eigenvalue weighted by atomic mass is 10.0. The molecule has 0 fully saturated rings. The maximum atomic E-state index is 13.2. The van der Waals surface area contributed by atoms with Crippen molar-refractivity contribution in [3.05, 3.63) is 78.1 Å². The Morgan fingerprint density at radius 3 is 2.22 bits per heavy atom. The summed E-state index contributed by atoms with van der Waals surface area (Å²) >= 11 is 0. The van der Waals surface area contributed by atoms with E-state index in [1.165, 1.54) is 18.6 Å². The first-order valence-corrected chi connectivity index (χ1v) is 10.1. The number of sulfone groups is 1. The zero-order valence-corrected chi connectivity index (χ0v) is 15.9. The minimum atomic E-state index is -3.77. The summed E-state index contributed by atoms with van der Waals surface area (Å²) in [5.74, 6) is 0.201. The van der Waals surface area contributed by atoms with E-state index in [2.05, 4.69) is 5.32 Å². The Hall–Kier alpha value is -2.80. The number of amides is 1. The second-order valence-electron chi connectivity index (χ2n) is 6.46. The van der Waals surface area contributed by atoms with Crippen molar-refractivity contribution in [3.8, 4) is 0 Å². The summed E-state index contributed by atoms with van der Waals surface area (Å²) in [6, 6.07) is 13.1. The summed E-state index contributed by atoms with van der Waals surface area (Å²) in [5.41, 5.74) is 1.05. The van der Waals surface area contributed by atoms with Gasteiger partial charge in [0.05, 0.1) is 17.4 Å². The molecule has 1 aromatic carbocycles. The summed E-state index contributed by atoms with van der Waals surface area (Å²) in [5, 5.41) is 1.56. The number of hydrogen-bond donors (Lipinski definition) is 1. The molecule has 1 amide bonds. The van der Waals surface area contributed by atoms with Gasteiger partial charge in [-0.3, -0.25) is 4.79 Å². The molecule has 2 aromatic heterocycles. The Bertz CT molecular complexity index is 972. The monoisotopic (exact) mass is 387 g/mol.